The van der Waals surface area contributed by atoms with Gasteiger partial charge in [-0.25, -0.2) is 4.39 Å². The Labute approximate surface area is 123 Å². The van der Waals surface area contributed by atoms with Crippen LogP contribution in [0.2, 0.25) is 0 Å². The first-order chi connectivity index (χ1) is 8.58. The lowest BCUT2D eigenvalue weighted by molar-refractivity contribution is 0.594. The highest BCUT2D eigenvalue weighted by Crippen LogP contribution is 2.34. The van der Waals surface area contributed by atoms with Crippen LogP contribution in [-0.4, -0.2) is 4.55 Å². The van der Waals surface area contributed by atoms with Crippen molar-refractivity contribution in [2.24, 2.45) is 0 Å². The van der Waals surface area contributed by atoms with E-state index in [2.05, 4.69) is 22.6 Å². The zero-order valence-corrected chi connectivity index (χ0v) is 12.7. The highest BCUT2D eigenvalue weighted by Gasteiger charge is 2.23. The van der Waals surface area contributed by atoms with E-state index in [-0.39, 0.29) is 9.07 Å². The predicted molar refractivity (Wildman–Crippen MR) is 80.7 cm³/mol. The first kappa shape index (κ1) is 13.8. The Kier molecular flexibility index (Phi) is 4.64. The molecule has 0 radical (unpaired) electrons. The highest BCUT2D eigenvalue weighted by atomic mass is 127. The molecule has 2 atom stereocenters. The maximum atomic E-state index is 12.8. The first-order valence-electron chi connectivity index (χ1n) is 5.45. The second-order valence-electron chi connectivity index (χ2n) is 3.98. The monoisotopic (exact) mass is 374 g/mol. The second-order valence-corrected chi connectivity index (χ2v) is 7.61. The molecule has 0 aliphatic carbocycles. The summed E-state index contributed by atoms with van der Waals surface area (Å²) in [4.78, 5) is 0.796. The van der Waals surface area contributed by atoms with Gasteiger partial charge in [0.25, 0.3) is 0 Å². The maximum absolute atomic E-state index is 12.8. The molecular formula is C14H12FIOS. The number of hydrogen-bond acceptors (Lipinski definition) is 1. The summed E-state index contributed by atoms with van der Waals surface area (Å²) in [5, 5.41) is 0. The Morgan fingerprint density at radius 3 is 2.17 bits per heavy atom. The van der Waals surface area contributed by atoms with E-state index in [1.165, 1.54) is 12.1 Å². The van der Waals surface area contributed by atoms with Gasteiger partial charge in [-0.05, 0) is 53.8 Å². The third-order valence-corrected chi connectivity index (χ3v) is 6.06. The Morgan fingerprint density at radius 2 is 1.61 bits per heavy atom. The number of aryl methyl sites for hydroxylation is 1. The molecular weight excluding hydrogens is 362 g/mol. The molecule has 0 N–H and O–H groups in total. The van der Waals surface area contributed by atoms with Crippen LogP contribution in [0.15, 0.2) is 53.4 Å². The molecule has 0 fully saturated rings. The van der Waals surface area contributed by atoms with Crippen LogP contribution in [0.25, 0.3) is 0 Å². The minimum Gasteiger partial charge on any atom is -0.610 e. The standard InChI is InChI=1S/C14H12FIOS/c1-10-2-8-13(9-3-10)18(17)14(16)11-4-6-12(15)7-5-11/h2-9,14H,1H3. The van der Waals surface area contributed by atoms with E-state index < -0.39 is 11.2 Å². The van der Waals surface area contributed by atoms with E-state index in [9.17, 15) is 8.94 Å². The van der Waals surface area contributed by atoms with Gasteiger partial charge < -0.3 is 4.55 Å². The third-order valence-electron chi connectivity index (χ3n) is 2.57. The Morgan fingerprint density at radius 1 is 1.06 bits per heavy atom. The van der Waals surface area contributed by atoms with Gasteiger partial charge in [0.15, 0.2) is 8.15 Å². The minimum atomic E-state index is -1.13. The van der Waals surface area contributed by atoms with E-state index in [4.69, 9.17) is 0 Å². The van der Waals surface area contributed by atoms with Gasteiger partial charge in [-0.3, -0.25) is 0 Å². The van der Waals surface area contributed by atoms with Crippen LogP contribution in [0.1, 0.15) is 14.4 Å². The molecule has 2 unspecified atom stereocenters. The fraction of sp³-hybridized carbons (Fsp3) is 0.143. The quantitative estimate of drug-likeness (QED) is 0.444. The molecule has 18 heavy (non-hydrogen) atoms. The van der Waals surface area contributed by atoms with E-state index in [0.29, 0.717) is 0 Å². The molecule has 2 rings (SSSR count). The van der Waals surface area contributed by atoms with E-state index >= 15 is 0 Å². The van der Waals surface area contributed by atoms with Crippen molar-refractivity contribution in [1.82, 2.24) is 0 Å². The number of benzene rings is 2. The van der Waals surface area contributed by atoms with Gasteiger partial charge in [0.2, 0.25) is 0 Å². The Balaban J connectivity index is 2.20. The predicted octanol–water partition coefficient (Wildman–Crippen LogP) is 4.38. The average Bonchev–Trinajstić information content (AvgIpc) is 2.39. The van der Waals surface area contributed by atoms with Crippen molar-refractivity contribution in [1.29, 1.82) is 0 Å². The normalized spacial score (nSPS) is 14.2. The Hall–Kier alpha value is -0.590. The Bertz CT molecular complexity index is 463. The summed E-state index contributed by atoms with van der Waals surface area (Å²) < 4.78 is 25.0. The van der Waals surface area contributed by atoms with Crippen molar-refractivity contribution in [2.75, 3.05) is 0 Å². The van der Waals surface area contributed by atoms with Gasteiger partial charge in [0.05, 0.1) is 0 Å². The zero-order chi connectivity index (χ0) is 13.1. The van der Waals surface area contributed by atoms with Crippen molar-refractivity contribution in [3.63, 3.8) is 0 Å². The molecule has 0 aliphatic heterocycles. The molecule has 0 saturated heterocycles. The number of rotatable bonds is 3. The van der Waals surface area contributed by atoms with Crippen LogP contribution in [-0.2, 0) is 11.2 Å². The number of hydrogen-bond donors (Lipinski definition) is 0. The number of halogens is 2. The molecule has 1 nitrogen and oxygen atoms in total. The van der Waals surface area contributed by atoms with Crippen LogP contribution in [0.5, 0.6) is 0 Å². The zero-order valence-electron chi connectivity index (χ0n) is 9.77. The molecule has 2 aromatic rings. The van der Waals surface area contributed by atoms with Gasteiger partial charge in [-0.1, -0.05) is 29.8 Å². The maximum Gasteiger partial charge on any atom is 0.195 e. The molecule has 0 aromatic heterocycles. The summed E-state index contributed by atoms with van der Waals surface area (Å²) in [5.41, 5.74) is 2.01. The summed E-state index contributed by atoms with van der Waals surface area (Å²) in [7, 11) is 0. The van der Waals surface area contributed by atoms with Crippen LogP contribution in [0.3, 0.4) is 0 Å². The molecule has 0 amide bonds. The molecule has 4 heteroatoms. The summed E-state index contributed by atoms with van der Waals surface area (Å²) in [5.74, 6) is -0.275. The van der Waals surface area contributed by atoms with Gasteiger partial charge in [-0.2, -0.15) is 0 Å². The van der Waals surface area contributed by atoms with E-state index in [0.717, 1.165) is 16.0 Å². The molecule has 0 saturated carbocycles. The van der Waals surface area contributed by atoms with Crippen LogP contribution < -0.4 is 0 Å². The fourth-order valence-electron chi connectivity index (χ4n) is 1.53. The summed E-state index contributed by atoms with van der Waals surface area (Å²) in [6.45, 7) is 1.99. The van der Waals surface area contributed by atoms with Crippen LogP contribution in [0, 0.1) is 12.7 Å². The van der Waals surface area contributed by atoms with Gasteiger partial charge in [-0.15, -0.1) is 0 Å². The van der Waals surface area contributed by atoms with E-state index in [1.807, 2.05) is 31.2 Å². The molecule has 0 bridgehead atoms. The molecule has 0 aliphatic rings. The molecule has 2 aromatic carbocycles. The summed E-state index contributed by atoms with van der Waals surface area (Å²) in [6.07, 6.45) is 0. The van der Waals surface area contributed by atoms with Crippen molar-refractivity contribution in [2.45, 2.75) is 15.1 Å². The molecule has 0 spiro atoms. The van der Waals surface area contributed by atoms with Crippen LogP contribution >= 0.6 is 22.6 Å². The van der Waals surface area contributed by atoms with Crippen molar-refractivity contribution < 1.29 is 8.94 Å². The minimum absolute atomic E-state index is 0.175. The second kappa shape index (κ2) is 6.04. The fourth-order valence-corrected chi connectivity index (χ4v) is 3.87. The SMILES string of the molecule is Cc1ccc([S+]([O-])C(I)c2ccc(F)cc2)cc1. The smallest absolute Gasteiger partial charge is 0.195 e. The lowest BCUT2D eigenvalue weighted by atomic mass is 10.2. The first-order valence-corrected chi connectivity index (χ1v) is 7.90. The largest absolute Gasteiger partial charge is 0.610 e. The lowest BCUT2D eigenvalue weighted by Gasteiger charge is -2.16. The van der Waals surface area contributed by atoms with Crippen molar-refractivity contribution in [3.05, 3.63) is 65.5 Å². The van der Waals surface area contributed by atoms with E-state index in [1.54, 1.807) is 12.1 Å². The highest BCUT2D eigenvalue weighted by molar-refractivity contribution is 14.1. The average molecular weight is 374 g/mol. The van der Waals surface area contributed by atoms with Gasteiger partial charge in [0.1, 0.15) is 5.82 Å². The topological polar surface area (TPSA) is 23.1 Å². The van der Waals surface area contributed by atoms with Gasteiger partial charge >= 0.3 is 0 Å². The molecule has 0 heterocycles. The van der Waals surface area contributed by atoms with Gasteiger partial charge in [0, 0.05) is 16.7 Å². The van der Waals surface area contributed by atoms with Crippen LogP contribution in [0.4, 0.5) is 4.39 Å². The lowest BCUT2D eigenvalue weighted by Crippen LogP contribution is -2.08. The van der Waals surface area contributed by atoms with Crippen molar-refractivity contribution in [3.8, 4) is 0 Å². The molecule has 94 valence electrons. The summed E-state index contributed by atoms with van der Waals surface area (Å²) in [6, 6.07) is 13.8. The van der Waals surface area contributed by atoms with Crippen molar-refractivity contribution >= 4 is 33.8 Å². The third kappa shape index (κ3) is 3.24. The summed E-state index contributed by atoms with van der Waals surface area (Å²) >= 11 is 1.00. The number of alkyl halides is 1.